The van der Waals surface area contributed by atoms with Gasteiger partial charge in [0.15, 0.2) is 4.80 Å². The second-order valence-electron chi connectivity index (χ2n) is 7.67. The standard InChI is InChI=1S/C24H25N5O3S2/c1-4-29-21-17(2)7-8-18(3)22(21)33-24(29)27-23(30)19-9-11-20(12-10-19)34(31,32)28(15-5-13-25)16-6-14-26/h7-12H,4-6,15-16H2,1-3H3. The van der Waals surface area contributed by atoms with Crippen LogP contribution in [0.15, 0.2) is 46.3 Å². The molecular formula is C24H25N5O3S2. The zero-order valence-electron chi connectivity index (χ0n) is 19.3. The summed E-state index contributed by atoms with van der Waals surface area (Å²) in [5.74, 6) is -0.459. The zero-order valence-corrected chi connectivity index (χ0v) is 20.9. The Labute approximate surface area is 203 Å². The van der Waals surface area contributed by atoms with Gasteiger partial charge in [-0.15, -0.1) is 0 Å². The van der Waals surface area contributed by atoms with Gasteiger partial charge in [0.1, 0.15) is 0 Å². The van der Waals surface area contributed by atoms with Crippen molar-refractivity contribution in [1.29, 1.82) is 10.5 Å². The molecule has 0 saturated heterocycles. The minimum absolute atomic E-state index is 0.00167. The van der Waals surface area contributed by atoms with Gasteiger partial charge in [-0.1, -0.05) is 23.5 Å². The molecular weight excluding hydrogens is 470 g/mol. The average Bonchev–Trinajstić information content (AvgIpc) is 3.20. The van der Waals surface area contributed by atoms with Gasteiger partial charge in [0.2, 0.25) is 10.0 Å². The van der Waals surface area contributed by atoms with Crippen LogP contribution in [0, 0.1) is 36.5 Å². The van der Waals surface area contributed by atoms with Crippen LogP contribution in [0.5, 0.6) is 0 Å². The van der Waals surface area contributed by atoms with Gasteiger partial charge in [0.05, 0.1) is 27.3 Å². The molecule has 10 heteroatoms. The molecule has 0 spiro atoms. The molecule has 1 amide bonds. The van der Waals surface area contributed by atoms with Crippen LogP contribution in [0.4, 0.5) is 0 Å². The lowest BCUT2D eigenvalue weighted by Crippen LogP contribution is -2.32. The highest BCUT2D eigenvalue weighted by molar-refractivity contribution is 7.89. The number of aromatic nitrogens is 1. The van der Waals surface area contributed by atoms with Crippen molar-refractivity contribution in [2.75, 3.05) is 13.1 Å². The Morgan fingerprint density at radius 2 is 1.62 bits per heavy atom. The van der Waals surface area contributed by atoms with E-state index < -0.39 is 15.9 Å². The van der Waals surface area contributed by atoms with Crippen molar-refractivity contribution in [2.24, 2.45) is 4.99 Å². The van der Waals surface area contributed by atoms with Crippen LogP contribution in [0.3, 0.4) is 0 Å². The summed E-state index contributed by atoms with van der Waals surface area (Å²) in [4.78, 5) is 17.8. The molecule has 0 atom stereocenters. The Bertz CT molecular complexity index is 1450. The van der Waals surface area contributed by atoms with E-state index in [0.717, 1.165) is 25.6 Å². The topological polar surface area (TPSA) is 119 Å². The second kappa shape index (κ2) is 10.7. The van der Waals surface area contributed by atoms with E-state index in [-0.39, 0.29) is 36.4 Å². The third kappa shape index (κ3) is 5.10. The number of nitriles is 2. The van der Waals surface area contributed by atoms with Gasteiger partial charge in [-0.05, 0) is 56.2 Å². The largest absolute Gasteiger partial charge is 0.316 e. The summed E-state index contributed by atoms with van der Waals surface area (Å²) in [5.41, 5.74) is 3.57. The number of amides is 1. The van der Waals surface area contributed by atoms with Crippen LogP contribution in [-0.4, -0.2) is 36.3 Å². The molecule has 34 heavy (non-hydrogen) atoms. The summed E-state index contributed by atoms with van der Waals surface area (Å²) >= 11 is 1.46. The maximum absolute atomic E-state index is 13.0. The minimum Gasteiger partial charge on any atom is -0.316 e. The van der Waals surface area contributed by atoms with Crippen LogP contribution in [-0.2, 0) is 16.6 Å². The monoisotopic (exact) mass is 495 g/mol. The molecule has 1 aromatic heterocycles. The number of nitrogens with zero attached hydrogens (tertiary/aromatic N) is 5. The Morgan fingerprint density at radius 1 is 1.03 bits per heavy atom. The number of carbonyl (C=O) groups is 1. The van der Waals surface area contributed by atoms with Gasteiger partial charge < -0.3 is 4.57 Å². The maximum Gasteiger partial charge on any atom is 0.279 e. The fraction of sp³-hybridized carbons (Fsp3) is 0.333. The highest BCUT2D eigenvalue weighted by Crippen LogP contribution is 2.25. The number of benzene rings is 2. The van der Waals surface area contributed by atoms with Gasteiger partial charge in [-0.3, -0.25) is 4.79 Å². The van der Waals surface area contributed by atoms with Crippen molar-refractivity contribution in [3.8, 4) is 12.1 Å². The van der Waals surface area contributed by atoms with Crippen LogP contribution >= 0.6 is 11.3 Å². The normalized spacial score (nSPS) is 12.1. The molecule has 0 unspecified atom stereocenters. The van der Waals surface area contributed by atoms with E-state index in [0.29, 0.717) is 11.3 Å². The molecule has 0 saturated carbocycles. The lowest BCUT2D eigenvalue weighted by atomic mass is 10.1. The number of thiazole rings is 1. The minimum atomic E-state index is -3.90. The highest BCUT2D eigenvalue weighted by Gasteiger charge is 2.24. The summed E-state index contributed by atoms with van der Waals surface area (Å²) in [6, 6.07) is 13.5. The van der Waals surface area contributed by atoms with Crippen LogP contribution in [0.2, 0.25) is 0 Å². The number of carbonyl (C=O) groups excluding carboxylic acids is 1. The van der Waals surface area contributed by atoms with Gasteiger partial charge in [0.25, 0.3) is 5.91 Å². The highest BCUT2D eigenvalue weighted by atomic mass is 32.2. The van der Waals surface area contributed by atoms with Gasteiger partial charge in [-0.2, -0.15) is 19.8 Å². The number of rotatable bonds is 8. The third-order valence-electron chi connectivity index (χ3n) is 5.42. The molecule has 8 nitrogen and oxygen atoms in total. The SMILES string of the molecule is CCn1c(=NC(=O)c2ccc(S(=O)(=O)N(CCC#N)CCC#N)cc2)sc2c(C)ccc(C)c21. The summed E-state index contributed by atoms with van der Waals surface area (Å²) in [6.07, 6.45) is 0.0390. The number of aryl methyl sites for hydroxylation is 3. The van der Waals surface area contributed by atoms with Crippen LogP contribution in [0.1, 0.15) is 41.3 Å². The van der Waals surface area contributed by atoms with Crippen molar-refractivity contribution in [3.63, 3.8) is 0 Å². The summed E-state index contributed by atoms with van der Waals surface area (Å²) in [7, 11) is -3.90. The quantitative estimate of drug-likeness (QED) is 0.469. The number of hydrogen-bond donors (Lipinski definition) is 0. The first-order valence-corrected chi connectivity index (χ1v) is 13.0. The van der Waals surface area contributed by atoms with Crippen molar-refractivity contribution in [2.45, 2.75) is 45.1 Å². The molecule has 2 aromatic carbocycles. The van der Waals surface area contributed by atoms with Crippen LogP contribution in [0.25, 0.3) is 10.2 Å². The van der Waals surface area contributed by atoms with Crippen LogP contribution < -0.4 is 4.80 Å². The molecule has 0 aliphatic heterocycles. The lowest BCUT2D eigenvalue weighted by Gasteiger charge is -2.20. The van der Waals surface area contributed by atoms with E-state index in [1.54, 1.807) is 0 Å². The van der Waals surface area contributed by atoms with Gasteiger partial charge in [0, 0.05) is 38.0 Å². The lowest BCUT2D eigenvalue weighted by molar-refractivity contribution is 0.0997. The van der Waals surface area contributed by atoms with E-state index in [2.05, 4.69) is 17.1 Å². The zero-order chi connectivity index (χ0) is 24.9. The van der Waals surface area contributed by atoms with Crippen molar-refractivity contribution in [1.82, 2.24) is 8.87 Å². The fourth-order valence-corrected chi connectivity index (χ4v) is 6.30. The smallest absolute Gasteiger partial charge is 0.279 e. The molecule has 1 heterocycles. The van der Waals surface area contributed by atoms with Crippen molar-refractivity contribution in [3.05, 3.63) is 57.9 Å². The first-order valence-electron chi connectivity index (χ1n) is 10.8. The Balaban J connectivity index is 1.95. The Hall–Kier alpha value is -3.31. The molecule has 0 radical (unpaired) electrons. The molecule has 0 aliphatic rings. The van der Waals surface area contributed by atoms with Crippen molar-refractivity contribution < 1.29 is 13.2 Å². The number of sulfonamides is 1. The Kier molecular flexibility index (Phi) is 8.00. The van der Waals surface area contributed by atoms with E-state index >= 15 is 0 Å². The predicted molar refractivity (Wildman–Crippen MR) is 131 cm³/mol. The first-order chi connectivity index (χ1) is 16.2. The molecule has 0 N–H and O–H groups in total. The molecule has 176 valence electrons. The first kappa shape index (κ1) is 25.3. The fourth-order valence-electron chi connectivity index (χ4n) is 3.62. The van der Waals surface area contributed by atoms with E-state index in [4.69, 9.17) is 10.5 Å². The predicted octanol–water partition coefficient (Wildman–Crippen LogP) is 3.90. The number of fused-ring (bicyclic) bond motifs is 1. The third-order valence-corrected chi connectivity index (χ3v) is 8.55. The molecule has 3 rings (SSSR count). The average molecular weight is 496 g/mol. The molecule has 0 fully saturated rings. The van der Waals surface area contributed by atoms with E-state index in [1.165, 1.54) is 35.6 Å². The van der Waals surface area contributed by atoms with E-state index in [9.17, 15) is 13.2 Å². The summed E-state index contributed by atoms with van der Waals surface area (Å²) in [6.45, 7) is 6.72. The van der Waals surface area contributed by atoms with E-state index in [1.807, 2.05) is 37.5 Å². The second-order valence-corrected chi connectivity index (χ2v) is 10.6. The molecule has 0 bridgehead atoms. The Morgan fingerprint density at radius 3 is 2.18 bits per heavy atom. The maximum atomic E-state index is 13.0. The van der Waals surface area contributed by atoms with Gasteiger partial charge in [-0.25, -0.2) is 8.42 Å². The summed E-state index contributed by atoms with van der Waals surface area (Å²) < 4.78 is 30.1. The molecule has 3 aromatic rings. The van der Waals surface area contributed by atoms with Gasteiger partial charge >= 0.3 is 0 Å². The summed E-state index contributed by atoms with van der Waals surface area (Å²) in [5, 5.41) is 17.6. The number of hydrogen-bond acceptors (Lipinski definition) is 6. The molecule has 0 aliphatic carbocycles. The van der Waals surface area contributed by atoms with Crippen molar-refractivity contribution >= 4 is 37.5 Å².